The van der Waals surface area contributed by atoms with Crippen LogP contribution in [0.2, 0.25) is 0 Å². The number of hydrogen-bond acceptors (Lipinski definition) is 5. The van der Waals surface area contributed by atoms with Gasteiger partial charge in [0.15, 0.2) is 0 Å². The largest absolute Gasteiger partial charge is 0.385 e. The van der Waals surface area contributed by atoms with Gasteiger partial charge in [0, 0.05) is 25.5 Å². The van der Waals surface area contributed by atoms with Gasteiger partial charge in [-0.3, -0.25) is 0 Å². The van der Waals surface area contributed by atoms with Gasteiger partial charge in [0.1, 0.15) is 17.2 Å². The molecule has 0 unspecified atom stereocenters. The number of anilines is 1. The average Bonchev–Trinajstić information content (AvgIpc) is 2.13. The van der Waals surface area contributed by atoms with Crippen molar-refractivity contribution in [3.05, 3.63) is 12.4 Å². The van der Waals surface area contributed by atoms with Crippen LogP contribution in [0, 0.1) is 0 Å². The van der Waals surface area contributed by atoms with Crippen molar-refractivity contribution in [3.8, 4) is 0 Å². The van der Waals surface area contributed by atoms with Crippen LogP contribution in [-0.4, -0.2) is 29.4 Å². The maximum atomic E-state index is 5.50. The summed E-state index contributed by atoms with van der Waals surface area (Å²) in [4.78, 5) is 7.88. The number of thioether (sulfide) groups is 1. The van der Waals surface area contributed by atoms with Crippen LogP contribution < -0.4 is 5.73 Å². The number of methoxy groups -OCH3 is 1. The molecule has 2 N–H and O–H groups in total. The number of hydrogen-bond donors (Lipinski definition) is 1. The van der Waals surface area contributed by atoms with Gasteiger partial charge < -0.3 is 10.5 Å². The van der Waals surface area contributed by atoms with Gasteiger partial charge in [-0.2, -0.15) is 0 Å². The first-order valence-corrected chi connectivity index (χ1v) is 5.00. The Morgan fingerprint density at radius 3 is 3.08 bits per heavy atom. The lowest BCUT2D eigenvalue weighted by atomic mass is 10.5. The van der Waals surface area contributed by atoms with Gasteiger partial charge in [-0.15, -0.1) is 11.8 Å². The Bertz CT molecular complexity index is 257. The Hall–Kier alpha value is -0.810. The summed E-state index contributed by atoms with van der Waals surface area (Å²) in [5.41, 5.74) is 5.50. The summed E-state index contributed by atoms with van der Waals surface area (Å²) in [5.74, 6) is 1.51. The second kappa shape index (κ2) is 5.77. The molecule has 5 heteroatoms. The number of aromatic nitrogens is 2. The first-order valence-electron chi connectivity index (χ1n) is 4.02. The van der Waals surface area contributed by atoms with Crippen LogP contribution in [0.15, 0.2) is 17.4 Å². The van der Waals surface area contributed by atoms with Crippen LogP contribution in [0.25, 0.3) is 0 Å². The SMILES string of the molecule is COCCCSc1cc(N)ncn1. The van der Waals surface area contributed by atoms with E-state index in [2.05, 4.69) is 9.97 Å². The van der Waals surface area contributed by atoms with E-state index in [1.165, 1.54) is 6.33 Å². The van der Waals surface area contributed by atoms with E-state index in [0.717, 1.165) is 23.8 Å². The first-order chi connectivity index (χ1) is 6.33. The lowest BCUT2D eigenvalue weighted by molar-refractivity contribution is 0.200. The summed E-state index contributed by atoms with van der Waals surface area (Å²) in [7, 11) is 1.70. The minimum Gasteiger partial charge on any atom is -0.385 e. The minimum absolute atomic E-state index is 0.518. The zero-order valence-corrected chi connectivity index (χ0v) is 8.38. The van der Waals surface area contributed by atoms with Gasteiger partial charge in [-0.05, 0) is 6.42 Å². The van der Waals surface area contributed by atoms with Gasteiger partial charge in [0.2, 0.25) is 0 Å². The van der Waals surface area contributed by atoms with E-state index in [9.17, 15) is 0 Å². The number of rotatable bonds is 5. The molecule has 1 aromatic rings. The van der Waals surface area contributed by atoms with E-state index in [4.69, 9.17) is 10.5 Å². The van der Waals surface area contributed by atoms with Crippen molar-refractivity contribution in [3.63, 3.8) is 0 Å². The molecule has 0 bridgehead atoms. The van der Waals surface area contributed by atoms with Gasteiger partial charge in [0.25, 0.3) is 0 Å². The van der Waals surface area contributed by atoms with Crippen molar-refractivity contribution in [1.82, 2.24) is 9.97 Å². The minimum atomic E-state index is 0.518. The van der Waals surface area contributed by atoms with Crippen LogP contribution in [-0.2, 0) is 4.74 Å². The van der Waals surface area contributed by atoms with E-state index in [0.29, 0.717) is 5.82 Å². The van der Waals surface area contributed by atoms with E-state index in [-0.39, 0.29) is 0 Å². The molecule has 0 aliphatic heterocycles. The third-order valence-corrected chi connectivity index (χ3v) is 2.42. The molecule has 0 saturated heterocycles. The molecule has 72 valence electrons. The standard InChI is InChI=1S/C8H13N3OS/c1-12-3-2-4-13-8-5-7(9)10-6-11-8/h5-6H,2-4H2,1H3,(H2,9,10,11). The average molecular weight is 199 g/mol. The fourth-order valence-corrected chi connectivity index (χ4v) is 1.61. The second-order valence-corrected chi connectivity index (χ2v) is 3.59. The Morgan fingerprint density at radius 1 is 1.54 bits per heavy atom. The summed E-state index contributed by atoms with van der Waals surface area (Å²) in [6.07, 6.45) is 2.50. The molecule has 0 aliphatic carbocycles. The molecule has 0 amide bonds. The second-order valence-electron chi connectivity index (χ2n) is 2.48. The van der Waals surface area contributed by atoms with Crippen LogP contribution in [0.1, 0.15) is 6.42 Å². The molecule has 1 heterocycles. The van der Waals surface area contributed by atoms with Gasteiger partial charge >= 0.3 is 0 Å². The highest BCUT2D eigenvalue weighted by Gasteiger charge is 1.96. The quantitative estimate of drug-likeness (QED) is 0.438. The van der Waals surface area contributed by atoms with Crippen LogP contribution in [0.5, 0.6) is 0 Å². The molecule has 13 heavy (non-hydrogen) atoms. The summed E-state index contributed by atoms with van der Waals surface area (Å²) in [6.45, 7) is 0.785. The topological polar surface area (TPSA) is 61.0 Å². The van der Waals surface area contributed by atoms with Gasteiger partial charge in [-0.1, -0.05) is 0 Å². The monoisotopic (exact) mass is 199 g/mol. The summed E-state index contributed by atoms with van der Waals surface area (Å²) in [6, 6.07) is 1.78. The molecule has 0 saturated carbocycles. The number of nitrogens with two attached hydrogens (primary N) is 1. The van der Waals surface area contributed by atoms with Gasteiger partial charge in [-0.25, -0.2) is 9.97 Å². The molecule has 0 fully saturated rings. The van der Waals surface area contributed by atoms with Gasteiger partial charge in [0.05, 0.1) is 0 Å². The number of nitrogen functional groups attached to an aromatic ring is 1. The Labute approximate surface area is 81.9 Å². The maximum Gasteiger partial charge on any atom is 0.127 e. The molecule has 1 aromatic heterocycles. The van der Waals surface area contributed by atoms with Crippen molar-refractivity contribution in [2.45, 2.75) is 11.4 Å². The molecule has 1 rings (SSSR count). The van der Waals surface area contributed by atoms with E-state index in [1.807, 2.05) is 0 Å². The molecule has 0 spiro atoms. The van der Waals surface area contributed by atoms with E-state index in [1.54, 1.807) is 24.9 Å². The van der Waals surface area contributed by atoms with Crippen molar-refractivity contribution in [2.75, 3.05) is 25.2 Å². The third kappa shape index (κ3) is 4.10. The fraction of sp³-hybridized carbons (Fsp3) is 0.500. The van der Waals surface area contributed by atoms with E-state index < -0.39 is 0 Å². The molecule has 0 aliphatic rings. The Kier molecular flexibility index (Phi) is 4.56. The highest BCUT2D eigenvalue weighted by atomic mass is 32.2. The predicted molar refractivity (Wildman–Crippen MR) is 53.7 cm³/mol. The Morgan fingerprint density at radius 2 is 2.38 bits per heavy atom. The molecule has 0 radical (unpaired) electrons. The maximum absolute atomic E-state index is 5.50. The molecular formula is C8H13N3OS. The third-order valence-electron chi connectivity index (χ3n) is 1.41. The molecular weight excluding hydrogens is 186 g/mol. The van der Waals surface area contributed by atoms with Crippen molar-refractivity contribution >= 4 is 17.6 Å². The fourth-order valence-electron chi connectivity index (χ4n) is 0.812. The van der Waals surface area contributed by atoms with Crippen molar-refractivity contribution < 1.29 is 4.74 Å². The van der Waals surface area contributed by atoms with E-state index >= 15 is 0 Å². The predicted octanol–water partition coefficient (Wildman–Crippen LogP) is 1.19. The normalized spacial score (nSPS) is 10.2. The zero-order valence-electron chi connectivity index (χ0n) is 7.56. The molecule has 4 nitrogen and oxygen atoms in total. The lowest BCUT2D eigenvalue weighted by Crippen LogP contribution is -1.93. The smallest absolute Gasteiger partial charge is 0.127 e. The van der Waals surface area contributed by atoms with Crippen molar-refractivity contribution in [2.24, 2.45) is 0 Å². The van der Waals surface area contributed by atoms with Crippen LogP contribution in [0.3, 0.4) is 0 Å². The zero-order chi connectivity index (χ0) is 9.52. The summed E-state index contributed by atoms with van der Waals surface area (Å²) >= 11 is 1.66. The number of ether oxygens (including phenoxy) is 1. The highest BCUT2D eigenvalue weighted by Crippen LogP contribution is 2.16. The number of nitrogens with zero attached hydrogens (tertiary/aromatic N) is 2. The first kappa shape index (κ1) is 10.3. The highest BCUT2D eigenvalue weighted by molar-refractivity contribution is 7.99. The summed E-state index contributed by atoms with van der Waals surface area (Å²) < 4.78 is 4.93. The van der Waals surface area contributed by atoms with Crippen molar-refractivity contribution in [1.29, 1.82) is 0 Å². The molecule has 0 aromatic carbocycles. The summed E-state index contributed by atoms with van der Waals surface area (Å²) in [5, 5.41) is 0.920. The molecule has 0 atom stereocenters. The lowest BCUT2D eigenvalue weighted by Gasteiger charge is -2.00. The Balaban J connectivity index is 2.28. The van der Waals surface area contributed by atoms with Crippen LogP contribution >= 0.6 is 11.8 Å². The van der Waals surface area contributed by atoms with Crippen LogP contribution in [0.4, 0.5) is 5.82 Å².